The number of rotatable bonds is 2. The molecule has 0 spiro atoms. The lowest BCUT2D eigenvalue weighted by Gasteiger charge is -2.26. The predicted molar refractivity (Wildman–Crippen MR) is 73.2 cm³/mol. The van der Waals surface area contributed by atoms with Gasteiger partial charge in [-0.3, -0.25) is 0 Å². The van der Waals surface area contributed by atoms with Crippen LogP contribution in [-0.2, 0) is 14.2 Å². The monoisotopic (exact) mass is 274 g/mol. The van der Waals surface area contributed by atoms with Crippen molar-refractivity contribution in [3.05, 3.63) is 48.0 Å². The zero-order chi connectivity index (χ0) is 14.2. The molecule has 3 rings (SSSR count). The number of hydrogen-bond donors (Lipinski definition) is 0. The van der Waals surface area contributed by atoms with Crippen LogP contribution in [0.4, 0.5) is 0 Å². The van der Waals surface area contributed by atoms with Crippen molar-refractivity contribution in [1.82, 2.24) is 0 Å². The number of ether oxygens (including phenoxy) is 3. The van der Waals surface area contributed by atoms with E-state index in [1.165, 1.54) is 0 Å². The van der Waals surface area contributed by atoms with E-state index >= 15 is 0 Å². The van der Waals surface area contributed by atoms with Gasteiger partial charge in [-0.2, -0.15) is 0 Å². The third kappa shape index (κ3) is 2.62. The average Bonchev–Trinajstić information content (AvgIpc) is 2.75. The Hall–Kier alpha value is -1.65. The van der Waals surface area contributed by atoms with Crippen LogP contribution in [0.15, 0.2) is 42.5 Å². The Bertz CT molecular complexity index is 521. The molecule has 0 amide bonds. The van der Waals surface area contributed by atoms with Crippen LogP contribution in [0.2, 0.25) is 0 Å². The van der Waals surface area contributed by atoms with Crippen molar-refractivity contribution in [1.29, 1.82) is 0 Å². The first-order valence-corrected chi connectivity index (χ1v) is 6.83. The van der Waals surface area contributed by atoms with Crippen molar-refractivity contribution < 1.29 is 19.0 Å². The summed E-state index contributed by atoms with van der Waals surface area (Å²) in [5.74, 6) is -0.965. The lowest BCUT2D eigenvalue weighted by Crippen LogP contribution is -2.39. The highest BCUT2D eigenvalue weighted by Crippen LogP contribution is 2.35. The van der Waals surface area contributed by atoms with E-state index in [0.717, 1.165) is 6.42 Å². The van der Waals surface area contributed by atoms with Gasteiger partial charge in [0.15, 0.2) is 5.79 Å². The standard InChI is InChI=1S/C16H18O4/c1-16(2)19-13-10-6-9-12(14(13)20-16)18-15(17)11-7-4-3-5-8-11/h3-9,12-14H,10H2,1-2H3/t12-,13+,14-/m1/s1. The van der Waals surface area contributed by atoms with Crippen molar-refractivity contribution >= 4 is 5.97 Å². The molecule has 0 radical (unpaired) electrons. The van der Waals surface area contributed by atoms with Gasteiger partial charge in [-0.1, -0.05) is 24.3 Å². The van der Waals surface area contributed by atoms with Gasteiger partial charge in [0, 0.05) is 0 Å². The van der Waals surface area contributed by atoms with Crippen molar-refractivity contribution in [3.8, 4) is 0 Å². The Morgan fingerprint density at radius 2 is 2.00 bits per heavy atom. The molecule has 1 saturated heterocycles. The first kappa shape index (κ1) is 13.3. The van der Waals surface area contributed by atoms with Crippen LogP contribution in [0, 0.1) is 0 Å². The van der Waals surface area contributed by atoms with Gasteiger partial charge in [-0.05, 0) is 38.5 Å². The molecular formula is C16H18O4. The molecule has 3 atom stereocenters. The summed E-state index contributed by atoms with van der Waals surface area (Å²) >= 11 is 0. The third-order valence-electron chi connectivity index (χ3n) is 3.49. The van der Waals surface area contributed by atoms with Crippen LogP contribution in [0.25, 0.3) is 0 Å². The minimum absolute atomic E-state index is 0.0522. The van der Waals surface area contributed by atoms with Gasteiger partial charge < -0.3 is 14.2 Å². The second kappa shape index (κ2) is 5.04. The molecule has 0 bridgehead atoms. The molecule has 1 aromatic rings. The normalized spacial score (nSPS) is 30.8. The lowest BCUT2D eigenvalue weighted by atomic mass is 9.99. The fourth-order valence-corrected chi connectivity index (χ4v) is 2.65. The smallest absolute Gasteiger partial charge is 0.338 e. The number of carbonyl (C=O) groups is 1. The Kier molecular flexibility index (Phi) is 3.36. The second-order valence-corrected chi connectivity index (χ2v) is 5.54. The van der Waals surface area contributed by atoms with Crippen LogP contribution in [0.3, 0.4) is 0 Å². The van der Waals surface area contributed by atoms with E-state index in [9.17, 15) is 4.79 Å². The van der Waals surface area contributed by atoms with E-state index < -0.39 is 11.9 Å². The van der Waals surface area contributed by atoms with E-state index in [2.05, 4.69) is 0 Å². The highest BCUT2D eigenvalue weighted by molar-refractivity contribution is 5.89. The molecule has 106 valence electrons. The average molecular weight is 274 g/mol. The van der Waals surface area contributed by atoms with Gasteiger partial charge >= 0.3 is 5.97 Å². The Labute approximate surface area is 118 Å². The summed E-state index contributed by atoms with van der Waals surface area (Å²) in [6.07, 6.45) is 3.96. The first-order valence-electron chi connectivity index (χ1n) is 6.83. The van der Waals surface area contributed by atoms with Crippen molar-refractivity contribution in [2.75, 3.05) is 0 Å². The highest BCUT2D eigenvalue weighted by Gasteiger charge is 2.46. The topological polar surface area (TPSA) is 44.8 Å². The van der Waals surface area contributed by atoms with Crippen LogP contribution in [-0.4, -0.2) is 30.1 Å². The molecule has 0 saturated carbocycles. The van der Waals surface area contributed by atoms with Crippen molar-refractivity contribution in [2.24, 2.45) is 0 Å². The Morgan fingerprint density at radius 3 is 2.75 bits per heavy atom. The summed E-state index contributed by atoms with van der Waals surface area (Å²) in [5, 5.41) is 0. The molecule has 1 fully saturated rings. The summed E-state index contributed by atoms with van der Waals surface area (Å²) in [6, 6.07) is 8.97. The van der Waals surface area contributed by atoms with Crippen molar-refractivity contribution in [3.63, 3.8) is 0 Å². The van der Waals surface area contributed by atoms with E-state index in [0.29, 0.717) is 5.56 Å². The number of fused-ring (bicyclic) bond motifs is 1. The fraction of sp³-hybridized carbons (Fsp3) is 0.438. The molecule has 1 aromatic carbocycles. The van der Waals surface area contributed by atoms with E-state index in [1.807, 2.05) is 44.2 Å². The zero-order valence-corrected chi connectivity index (χ0v) is 11.6. The zero-order valence-electron chi connectivity index (χ0n) is 11.6. The lowest BCUT2D eigenvalue weighted by molar-refractivity contribution is -0.152. The molecule has 4 nitrogen and oxygen atoms in total. The number of esters is 1. The van der Waals surface area contributed by atoms with E-state index in [4.69, 9.17) is 14.2 Å². The van der Waals surface area contributed by atoms with E-state index in [-0.39, 0.29) is 18.2 Å². The minimum Gasteiger partial charge on any atom is -0.452 e. The number of benzene rings is 1. The van der Waals surface area contributed by atoms with Crippen LogP contribution >= 0.6 is 0 Å². The molecule has 1 aliphatic heterocycles. The van der Waals surface area contributed by atoms with E-state index in [1.54, 1.807) is 12.1 Å². The molecule has 4 heteroatoms. The summed E-state index contributed by atoms with van der Waals surface area (Å²) in [5.41, 5.74) is 0.543. The largest absolute Gasteiger partial charge is 0.452 e. The predicted octanol–water partition coefficient (Wildman–Crippen LogP) is 2.69. The molecule has 1 heterocycles. The SMILES string of the molecule is CC1(C)O[C@H]2[C@H](CC=C[C@H]2OC(=O)c2ccccc2)O1. The van der Waals surface area contributed by atoms with Gasteiger partial charge in [0.05, 0.1) is 11.7 Å². The summed E-state index contributed by atoms with van der Waals surface area (Å²) in [6.45, 7) is 3.75. The molecule has 1 aliphatic carbocycles. The van der Waals surface area contributed by atoms with Gasteiger partial charge in [-0.25, -0.2) is 4.79 Å². The molecule has 0 aromatic heterocycles. The van der Waals surface area contributed by atoms with Gasteiger partial charge in [0.25, 0.3) is 0 Å². The summed E-state index contributed by atoms with van der Waals surface area (Å²) in [7, 11) is 0. The number of carbonyl (C=O) groups excluding carboxylic acids is 1. The van der Waals surface area contributed by atoms with Gasteiger partial charge in [0.2, 0.25) is 0 Å². The minimum atomic E-state index is -0.626. The molecule has 20 heavy (non-hydrogen) atoms. The summed E-state index contributed by atoms with van der Waals surface area (Å²) in [4.78, 5) is 12.1. The summed E-state index contributed by atoms with van der Waals surface area (Å²) < 4.78 is 17.2. The quantitative estimate of drug-likeness (QED) is 0.614. The molecule has 0 N–H and O–H groups in total. The maximum absolute atomic E-state index is 12.1. The maximum Gasteiger partial charge on any atom is 0.338 e. The van der Waals surface area contributed by atoms with Crippen molar-refractivity contribution in [2.45, 2.75) is 44.4 Å². The highest BCUT2D eigenvalue weighted by atomic mass is 16.8. The maximum atomic E-state index is 12.1. The molecule has 0 unspecified atom stereocenters. The Morgan fingerprint density at radius 1 is 1.25 bits per heavy atom. The number of hydrogen-bond acceptors (Lipinski definition) is 4. The van der Waals surface area contributed by atoms with Gasteiger partial charge in [-0.15, -0.1) is 0 Å². The first-order chi connectivity index (χ1) is 9.55. The van der Waals surface area contributed by atoms with Gasteiger partial charge in [0.1, 0.15) is 12.2 Å². The van der Waals surface area contributed by atoms with Crippen LogP contribution < -0.4 is 0 Å². The molecule has 2 aliphatic rings. The van der Waals surface area contributed by atoms with Crippen LogP contribution in [0.5, 0.6) is 0 Å². The van der Waals surface area contributed by atoms with Crippen LogP contribution in [0.1, 0.15) is 30.6 Å². The fourth-order valence-electron chi connectivity index (χ4n) is 2.65. The Balaban J connectivity index is 1.72. The molecular weight excluding hydrogens is 256 g/mol. The third-order valence-corrected chi connectivity index (χ3v) is 3.49. The second-order valence-electron chi connectivity index (χ2n) is 5.54.